The molecular formula is C21H18N4OS. The molecule has 0 N–H and O–H groups in total. The van der Waals surface area contributed by atoms with Crippen molar-refractivity contribution >= 4 is 39.7 Å². The van der Waals surface area contributed by atoms with Gasteiger partial charge in [0.15, 0.2) is 5.13 Å². The molecule has 0 aliphatic rings. The zero-order valence-corrected chi connectivity index (χ0v) is 16.1. The van der Waals surface area contributed by atoms with E-state index >= 15 is 0 Å². The highest BCUT2D eigenvalue weighted by Crippen LogP contribution is 2.31. The Balaban J connectivity index is 1.97. The van der Waals surface area contributed by atoms with Crippen LogP contribution >= 0.6 is 11.3 Å². The summed E-state index contributed by atoms with van der Waals surface area (Å²) in [6.07, 6.45) is 3.32. The van der Waals surface area contributed by atoms with Gasteiger partial charge >= 0.3 is 0 Å². The Morgan fingerprint density at radius 1 is 1.22 bits per heavy atom. The Morgan fingerprint density at radius 3 is 2.67 bits per heavy atom. The molecule has 0 fully saturated rings. The fourth-order valence-corrected chi connectivity index (χ4v) is 3.41. The summed E-state index contributed by atoms with van der Waals surface area (Å²) >= 11 is 1.36. The fraction of sp³-hybridized carbons (Fsp3) is 0.143. The molecule has 0 atom stereocenters. The molecule has 5 nitrogen and oxygen atoms in total. The normalized spacial score (nSPS) is 11.1. The van der Waals surface area contributed by atoms with Gasteiger partial charge in [-0.05, 0) is 55.3 Å². The number of benzene rings is 1. The van der Waals surface area contributed by atoms with Crippen LogP contribution in [0.25, 0.3) is 11.6 Å². The van der Waals surface area contributed by atoms with Crippen molar-refractivity contribution in [2.24, 2.45) is 0 Å². The van der Waals surface area contributed by atoms with E-state index in [-0.39, 0.29) is 5.91 Å². The van der Waals surface area contributed by atoms with E-state index in [1.165, 1.54) is 23.8 Å². The Labute approximate surface area is 162 Å². The van der Waals surface area contributed by atoms with E-state index in [4.69, 9.17) is 0 Å². The van der Waals surface area contributed by atoms with E-state index in [1.807, 2.05) is 43.5 Å². The second-order valence-corrected chi connectivity index (χ2v) is 6.90. The highest BCUT2D eigenvalue weighted by molar-refractivity contribution is 7.14. The van der Waals surface area contributed by atoms with Crippen LogP contribution in [0.4, 0.5) is 10.8 Å². The van der Waals surface area contributed by atoms with Gasteiger partial charge in [-0.2, -0.15) is 5.26 Å². The molecular weight excluding hydrogens is 356 g/mol. The lowest BCUT2D eigenvalue weighted by Gasteiger charge is -2.19. The molecule has 134 valence electrons. The molecule has 2 heterocycles. The first-order valence-corrected chi connectivity index (χ1v) is 9.24. The van der Waals surface area contributed by atoms with Crippen LogP contribution in [0.3, 0.4) is 0 Å². The van der Waals surface area contributed by atoms with Gasteiger partial charge in [-0.1, -0.05) is 12.1 Å². The molecule has 1 aromatic carbocycles. The van der Waals surface area contributed by atoms with Crippen molar-refractivity contribution in [1.82, 2.24) is 9.97 Å². The lowest BCUT2D eigenvalue weighted by molar-refractivity contribution is -0.115. The van der Waals surface area contributed by atoms with E-state index < -0.39 is 0 Å². The summed E-state index contributed by atoms with van der Waals surface area (Å²) in [5.41, 5.74) is 4.68. The first-order valence-electron chi connectivity index (χ1n) is 8.36. The largest absolute Gasteiger partial charge is 0.274 e. The van der Waals surface area contributed by atoms with Crippen molar-refractivity contribution in [3.05, 3.63) is 70.5 Å². The van der Waals surface area contributed by atoms with E-state index in [9.17, 15) is 10.1 Å². The van der Waals surface area contributed by atoms with Crippen LogP contribution in [-0.4, -0.2) is 15.9 Å². The monoisotopic (exact) mass is 374 g/mol. The molecule has 0 saturated carbocycles. The number of pyridine rings is 1. The topological polar surface area (TPSA) is 69.9 Å². The SMILES string of the molecule is CC(=O)N(c1ccc(C)c(C)c1)c1nc(/C=C(\C#N)c2ccccn2)cs1. The zero-order chi connectivity index (χ0) is 19.4. The van der Waals surface area contributed by atoms with E-state index in [2.05, 4.69) is 16.0 Å². The molecule has 0 saturated heterocycles. The van der Waals surface area contributed by atoms with Gasteiger partial charge in [0.25, 0.3) is 0 Å². The van der Waals surface area contributed by atoms with Crippen LogP contribution in [0.15, 0.2) is 48.0 Å². The minimum atomic E-state index is -0.117. The number of hydrogen-bond donors (Lipinski definition) is 0. The van der Waals surface area contributed by atoms with Crippen molar-refractivity contribution in [2.45, 2.75) is 20.8 Å². The Morgan fingerprint density at radius 2 is 2.04 bits per heavy atom. The number of nitriles is 1. The molecule has 0 bridgehead atoms. The van der Waals surface area contributed by atoms with Crippen LogP contribution in [0.2, 0.25) is 0 Å². The quantitative estimate of drug-likeness (QED) is 0.609. The van der Waals surface area contributed by atoms with Crippen molar-refractivity contribution in [2.75, 3.05) is 4.90 Å². The number of thiazole rings is 1. The molecule has 0 aliphatic carbocycles. The number of aromatic nitrogens is 2. The second-order valence-electron chi connectivity index (χ2n) is 6.06. The number of hydrogen-bond acceptors (Lipinski definition) is 5. The van der Waals surface area contributed by atoms with Crippen LogP contribution in [0, 0.1) is 25.2 Å². The van der Waals surface area contributed by atoms with Crippen LogP contribution in [0.5, 0.6) is 0 Å². The summed E-state index contributed by atoms with van der Waals surface area (Å²) in [4.78, 5) is 22.6. The summed E-state index contributed by atoms with van der Waals surface area (Å²) in [5.74, 6) is -0.117. The number of aryl methyl sites for hydroxylation is 2. The maximum absolute atomic E-state index is 12.3. The predicted octanol–water partition coefficient (Wildman–Crippen LogP) is 4.90. The smallest absolute Gasteiger partial charge is 0.230 e. The minimum absolute atomic E-state index is 0.117. The standard InChI is InChI=1S/C21H18N4OS/c1-14-7-8-19(10-15(14)2)25(16(3)26)21-24-18(13-27-21)11-17(12-22)20-6-4-5-9-23-20/h4-11,13H,1-3H3/b17-11+. The number of allylic oxidation sites excluding steroid dienone is 1. The van der Waals surface area contributed by atoms with Crippen molar-refractivity contribution in [3.8, 4) is 6.07 Å². The van der Waals surface area contributed by atoms with Gasteiger partial charge < -0.3 is 0 Å². The van der Waals surface area contributed by atoms with Crippen LogP contribution < -0.4 is 4.90 Å². The van der Waals surface area contributed by atoms with Gasteiger partial charge in [0, 0.05) is 18.5 Å². The molecule has 3 aromatic rings. The number of rotatable bonds is 4. The molecule has 2 aromatic heterocycles. The summed E-state index contributed by atoms with van der Waals surface area (Å²) < 4.78 is 0. The third-order valence-electron chi connectivity index (χ3n) is 4.12. The maximum Gasteiger partial charge on any atom is 0.230 e. The number of nitrogens with zero attached hydrogens (tertiary/aromatic N) is 4. The maximum atomic E-state index is 12.3. The summed E-state index contributed by atoms with van der Waals surface area (Å²) in [6, 6.07) is 13.4. The van der Waals surface area contributed by atoms with E-state index in [0.29, 0.717) is 22.1 Å². The van der Waals surface area contributed by atoms with E-state index in [1.54, 1.807) is 29.3 Å². The van der Waals surface area contributed by atoms with Gasteiger partial charge in [-0.25, -0.2) is 4.98 Å². The van der Waals surface area contributed by atoms with Crippen LogP contribution in [-0.2, 0) is 4.79 Å². The summed E-state index contributed by atoms with van der Waals surface area (Å²) in [7, 11) is 0. The van der Waals surface area contributed by atoms with Crippen LogP contribution in [0.1, 0.15) is 29.4 Å². The lowest BCUT2D eigenvalue weighted by atomic mass is 10.1. The molecule has 0 aliphatic heterocycles. The molecule has 6 heteroatoms. The minimum Gasteiger partial charge on any atom is -0.274 e. The fourth-order valence-electron chi connectivity index (χ4n) is 2.57. The molecule has 27 heavy (non-hydrogen) atoms. The number of carbonyl (C=O) groups excluding carboxylic acids is 1. The third kappa shape index (κ3) is 4.10. The second kappa shape index (κ2) is 7.94. The highest BCUT2D eigenvalue weighted by Gasteiger charge is 2.18. The Kier molecular flexibility index (Phi) is 5.43. The third-order valence-corrected chi connectivity index (χ3v) is 4.96. The first kappa shape index (κ1) is 18.5. The number of anilines is 2. The van der Waals surface area contributed by atoms with Gasteiger partial charge in [-0.15, -0.1) is 11.3 Å². The Hall–Kier alpha value is -3.30. The summed E-state index contributed by atoms with van der Waals surface area (Å²) in [6.45, 7) is 5.56. The average Bonchev–Trinajstić information content (AvgIpc) is 3.11. The predicted molar refractivity (Wildman–Crippen MR) is 109 cm³/mol. The van der Waals surface area contributed by atoms with Crippen molar-refractivity contribution < 1.29 is 4.79 Å². The Bertz CT molecular complexity index is 1050. The molecule has 0 radical (unpaired) electrons. The van der Waals surface area contributed by atoms with Gasteiger partial charge in [0.05, 0.1) is 22.6 Å². The van der Waals surface area contributed by atoms with Gasteiger partial charge in [-0.3, -0.25) is 14.7 Å². The molecule has 0 spiro atoms. The van der Waals surface area contributed by atoms with Gasteiger partial charge in [0.2, 0.25) is 5.91 Å². The van der Waals surface area contributed by atoms with E-state index in [0.717, 1.165) is 11.3 Å². The lowest BCUT2D eigenvalue weighted by Crippen LogP contribution is -2.22. The van der Waals surface area contributed by atoms with Gasteiger partial charge in [0.1, 0.15) is 6.07 Å². The van der Waals surface area contributed by atoms with Crippen molar-refractivity contribution in [3.63, 3.8) is 0 Å². The molecule has 3 rings (SSSR count). The summed E-state index contributed by atoms with van der Waals surface area (Å²) in [5, 5.41) is 11.8. The zero-order valence-electron chi connectivity index (χ0n) is 15.3. The average molecular weight is 374 g/mol. The first-order chi connectivity index (χ1) is 13.0. The number of amides is 1. The molecule has 0 unspecified atom stereocenters. The number of carbonyl (C=O) groups is 1. The van der Waals surface area contributed by atoms with Crippen molar-refractivity contribution in [1.29, 1.82) is 5.26 Å². The molecule has 1 amide bonds. The highest BCUT2D eigenvalue weighted by atomic mass is 32.1.